The summed E-state index contributed by atoms with van der Waals surface area (Å²) in [7, 11) is 0. The fourth-order valence-corrected chi connectivity index (χ4v) is 2.97. The molecular weight excluding hydrogens is 311 g/mol. The molecule has 7 nitrogen and oxygen atoms in total. The summed E-state index contributed by atoms with van der Waals surface area (Å²) in [4.78, 5) is 15.0. The lowest BCUT2D eigenvalue weighted by Crippen LogP contribution is -2.36. The van der Waals surface area contributed by atoms with Crippen molar-refractivity contribution in [3.05, 3.63) is 58.0 Å². The lowest BCUT2D eigenvalue weighted by Gasteiger charge is -2.19. The van der Waals surface area contributed by atoms with Gasteiger partial charge in [0.1, 0.15) is 11.6 Å². The van der Waals surface area contributed by atoms with E-state index in [1.807, 2.05) is 6.07 Å². The Kier molecular flexibility index (Phi) is 4.10. The number of halogens is 1. The van der Waals surface area contributed by atoms with Gasteiger partial charge in [0, 0.05) is 12.0 Å². The first-order valence-corrected chi connectivity index (χ1v) is 7.48. The van der Waals surface area contributed by atoms with E-state index in [1.54, 1.807) is 18.3 Å². The van der Waals surface area contributed by atoms with Crippen molar-refractivity contribution in [2.45, 2.75) is 24.9 Å². The standard InChI is InChI=1S/C16H17FN6O/c17-11-4-1-5-12(9(11)3-2-7-18)23-13(15(20)22-16(23)24)10-6-8-21-14(10)19/h1,4-6,8,10,14,21H,2-3,19-20H2,(H,22,24). The predicted octanol–water partition coefficient (Wildman–Crippen LogP) is 0.828. The number of hydrogen-bond acceptors (Lipinski definition) is 5. The quantitative estimate of drug-likeness (QED) is 0.661. The second-order valence-corrected chi connectivity index (χ2v) is 5.54. The van der Waals surface area contributed by atoms with E-state index in [4.69, 9.17) is 16.7 Å². The Morgan fingerprint density at radius 3 is 2.88 bits per heavy atom. The average molecular weight is 328 g/mol. The molecule has 124 valence electrons. The number of nitrogen functional groups attached to an aromatic ring is 1. The number of hydrogen-bond donors (Lipinski definition) is 4. The fraction of sp³-hybridized carbons (Fsp3) is 0.250. The van der Waals surface area contributed by atoms with E-state index in [1.165, 1.54) is 16.7 Å². The average Bonchev–Trinajstić information content (AvgIpc) is 3.08. The number of nitriles is 1. The summed E-state index contributed by atoms with van der Waals surface area (Å²) in [6.07, 6.45) is 3.39. The first kappa shape index (κ1) is 15.8. The molecule has 2 aromatic rings. The summed E-state index contributed by atoms with van der Waals surface area (Å²) in [6, 6.07) is 6.44. The normalized spacial score (nSPS) is 19.2. The lowest BCUT2D eigenvalue weighted by atomic mass is 10.0. The van der Waals surface area contributed by atoms with Gasteiger partial charge in [-0.05, 0) is 24.8 Å². The topological polar surface area (TPSA) is 126 Å². The minimum Gasteiger partial charge on any atom is -0.384 e. The highest BCUT2D eigenvalue weighted by Crippen LogP contribution is 2.30. The first-order valence-electron chi connectivity index (χ1n) is 7.48. The maximum absolute atomic E-state index is 14.3. The predicted molar refractivity (Wildman–Crippen MR) is 87.7 cm³/mol. The third kappa shape index (κ3) is 2.55. The van der Waals surface area contributed by atoms with Gasteiger partial charge in [0.05, 0.1) is 29.5 Å². The number of anilines is 1. The second kappa shape index (κ2) is 6.22. The summed E-state index contributed by atoms with van der Waals surface area (Å²) in [5.41, 5.74) is 12.6. The monoisotopic (exact) mass is 328 g/mol. The molecule has 2 atom stereocenters. The Balaban J connectivity index is 2.21. The lowest BCUT2D eigenvalue weighted by molar-refractivity contribution is 0.574. The Morgan fingerprint density at radius 2 is 2.21 bits per heavy atom. The zero-order valence-corrected chi connectivity index (χ0v) is 12.8. The van der Waals surface area contributed by atoms with Gasteiger partial charge < -0.3 is 16.8 Å². The van der Waals surface area contributed by atoms with E-state index in [0.717, 1.165) is 0 Å². The smallest absolute Gasteiger partial charge is 0.331 e. The number of nitrogens with two attached hydrogens (primary N) is 2. The molecule has 8 heteroatoms. The van der Waals surface area contributed by atoms with E-state index in [2.05, 4.69) is 10.3 Å². The van der Waals surface area contributed by atoms with Crippen LogP contribution in [0.3, 0.4) is 0 Å². The van der Waals surface area contributed by atoms with Crippen molar-refractivity contribution < 1.29 is 4.39 Å². The number of aromatic nitrogens is 2. The van der Waals surface area contributed by atoms with Gasteiger partial charge in [0.25, 0.3) is 0 Å². The fourth-order valence-electron chi connectivity index (χ4n) is 2.97. The van der Waals surface area contributed by atoms with Gasteiger partial charge in [-0.3, -0.25) is 9.55 Å². The van der Waals surface area contributed by atoms with Crippen LogP contribution in [0.5, 0.6) is 0 Å². The summed E-state index contributed by atoms with van der Waals surface area (Å²) in [5, 5.41) is 11.7. The van der Waals surface area contributed by atoms with E-state index in [9.17, 15) is 9.18 Å². The number of H-pyrrole nitrogens is 1. The summed E-state index contributed by atoms with van der Waals surface area (Å²) in [5.74, 6) is -0.620. The molecule has 24 heavy (non-hydrogen) atoms. The molecule has 0 amide bonds. The van der Waals surface area contributed by atoms with Crippen molar-refractivity contribution in [3.8, 4) is 11.8 Å². The van der Waals surface area contributed by atoms with Crippen LogP contribution in [-0.2, 0) is 6.42 Å². The summed E-state index contributed by atoms with van der Waals surface area (Å²) in [6.45, 7) is 0. The first-order chi connectivity index (χ1) is 11.5. The Hall–Kier alpha value is -3.05. The van der Waals surface area contributed by atoms with Crippen molar-refractivity contribution in [1.82, 2.24) is 14.9 Å². The van der Waals surface area contributed by atoms with Crippen molar-refractivity contribution in [3.63, 3.8) is 0 Å². The zero-order chi connectivity index (χ0) is 17.3. The third-order valence-corrected chi connectivity index (χ3v) is 4.08. The Labute approximate surface area is 137 Å². The number of imidazole rings is 1. The van der Waals surface area contributed by atoms with Gasteiger partial charge >= 0.3 is 5.69 Å². The highest BCUT2D eigenvalue weighted by molar-refractivity contribution is 5.51. The van der Waals surface area contributed by atoms with Crippen LogP contribution >= 0.6 is 0 Å². The van der Waals surface area contributed by atoms with E-state index >= 15 is 0 Å². The zero-order valence-electron chi connectivity index (χ0n) is 12.8. The van der Waals surface area contributed by atoms with Gasteiger partial charge in [0.15, 0.2) is 0 Å². The van der Waals surface area contributed by atoms with Crippen LogP contribution in [0, 0.1) is 17.1 Å². The number of aromatic amines is 1. The van der Waals surface area contributed by atoms with E-state index in [-0.39, 0.29) is 24.6 Å². The molecule has 0 spiro atoms. The Morgan fingerprint density at radius 1 is 1.42 bits per heavy atom. The molecule has 3 rings (SSSR count). The van der Waals surface area contributed by atoms with Crippen molar-refractivity contribution in [2.75, 3.05) is 5.73 Å². The number of benzene rings is 1. The van der Waals surface area contributed by atoms with E-state index < -0.39 is 17.7 Å². The molecule has 6 N–H and O–H groups in total. The SMILES string of the molecule is N#CCCc1c(F)cccc1-n1c(C2C=CNC2N)c(N)[nH]c1=O. The summed E-state index contributed by atoms with van der Waals surface area (Å²) >= 11 is 0. The number of nitrogens with one attached hydrogen (secondary N) is 2. The van der Waals surface area contributed by atoms with Gasteiger partial charge in [-0.2, -0.15) is 5.26 Å². The largest absolute Gasteiger partial charge is 0.384 e. The molecule has 2 unspecified atom stereocenters. The molecule has 0 aliphatic carbocycles. The molecule has 0 bridgehead atoms. The number of nitrogens with zero attached hydrogens (tertiary/aromatic N) is 2. The van der Waals surface area contributed by atoms with Crippen LogP contribution in [-0.4, -0.2) is 15.7 Å². The molecule has 1 aromatic carbocycles. The molecule has 0 radical (unpaired) electrons. The minimum atomic E-state index is -0.473. The molecule has 1 aliphatic rings. The summed E-state index contributed by atoms with van der Waals surface area (Å²) < 4.78 is 15.6. The highest BCUT2D eigenvalue weighted by atomic mass is 19.1. The molecular formula is C16H17FN6O. The second-order valence-electron chi connectivity index (χ2n) is 5.54. The van der Waals surface area contributed by atoms with Crippen LogP contribution in [0.15, 0.2) is 35.3 Å². The number of rotatable bonds is 4. The van der Waals surface area contributed by atoms with Crippen molar-refractivity contribution in [1.29, 1.82) is 5.26 Å². The minimum absolute atomic E-state index is 0.141. The molecule has 0 fully saturated rings. The maximum atomic E-state index is 14.3. The van der Waals surface area contributed by atoms with Crippen LogP contribution in [0.25, 0.3) is 5.69 Å². The molecule has 2 heterocycles. The third-order valence-electron chi connectivity index (χ3n) is 4.08. The molecule has 1 aliphatic heterocycles. The van der Waals surface area contributed by atoms with Crippen LogP contribution in [0.2, 0.25) is 0 Å². The molecule has 0 saturated carbocycles. The molecule has 1 aromatic heterocycles. The van der Waals surface area contributed by atoms with Crippen molar-refractivity contribution >= 4 is 5.82 Å². The van der Waals surface area contributed by atoms with Crippen LogP contribution in [0.1, 0.15) is 23.6 Å². The maximum Gasteiger partial charge on any atom is 0.331 e. The van der Waals surface area contributed by atoms with Crippen LogP contribution < -0.4 is 22.5 Å². The van der Waals surface area contributed by atoms with Crippen molar-refractivity contribution in [2.24, 2.45) is 5.73 Å². The van der Waals surface area contributed by atoms with Gasteiger partial charge in [-0.1, -0.05) is 12.1 Å². The van der Waals surface area contributed by atoms with Gasteiger partial charge in [0.2, 0.25) is 0 Å². The van der Waals surface area contributed by atoms with Gasteiger partial charge in [-0.15, -0.1) is 0 Å². The Bertz CT molecular complexity index is 891. The van der Waals surface area contributed by atoms with E-state index in [0.29, 0.717) is 16.9 Å². The van der Waals surface area contributed by atoms with Gasteiger partial charge in [-0.25, -0.2) is 9.18 Å². The molecule has 0 saturated heterocycles. The van der Waals surface area contributed by atoms with Crippen LogP contribution in [0.4, 0.5) is 10.2 Å². The highest BCUT2D eigenvalue weighted by Gasteiger charge is 2.29.